The Hall–Kier alpha value is -0.810. The van der Waals surface area contributed by atoms with E-state index in [2.05, 4.69) is 0 Å². The number of aliphatic hydroxyl groups is 1. The van der Waals surface area contributed by atoms with Crippen LogP contribution in [0.15, 0.2) is 0 Å². The summed E-state index contributed by atoms with van der Waals surface area (Å²) in [5.74, 6) is 0. The second kappa shape index (κ2) is 4.10. The first-order valence-corrected chi connectivity index (χ1v) is 6.45. The molecule has 2 saturated heterocycles. The minimum Gasteiger partial charge on any atom is -0.444 e. The van der Waals surface area contributed by atoms with E-state index < -0.39 is 11.2 Å². The van der Waals surface area contributed by atoms with Crippen LogP contribution in [-0.2, 0) is 9.47 Å². The summed E-state index contributed by atoms with van der Waals surface area (Å²) in [5, 5.41) is 10.1. The van der Waals surface area contributed by atoms with Crippen LogP contribution in [0.2, 0.25) is 0 Å². The van der Waals surface area contributed by atoms with Crippen molar-refractivity contribution in [3.05, 3.63) is 0 Å². The maximum Gasteiger partial charge on any atom is 0.410 e. The molecular formula is C13H23NO4. The molecule has 5 nitrogen and oxygen atoms in total. The predicted molar refractivity (Wildman–Crippen MR) is 66.3 cm³/mol. The number of nitrogens with zero attached hydrogens (tertiary/aromatic N) is 1. The highest BCUT2D eigenvalue weighted by molar-refractivity contribution is 5.69. The lowest BCUT2D eigenvalue weighted by Gasteiger charge is -2.54. The first kappa shape index (κ1) is 13.6. The summed E-state index contributed by atoms with van der Waals surface area (Å²) >= 11 is 0. The van der Waals surface area contributed by atoms with Gasteiger partial charge in [0.1, 0.15) is 11.2 Å². The van der Waals surface area contributed by atoms with Crippen molar-refractivity contribution < 1.29 is 19.4 Å². The van der Waals surface area contributed by atoms with E-state index in [1.807, 2.05) is 27.7 Å². The van der Waals surface area contributed by atoms with Crippen molar-refractivity contribution in [1.82, 2.24) is 4.90 Å². The molecule has 1 N–H and O–H groups in total. The van der Waals surface area contributed by atoms with Crippen LogP contribution < -0.4 is 0 Å². The number of likely N-dealkylation sites (tertiary alicyclic amines) is 1. The molecule has 18 heavy (non-hydrogen) atoms. The highest BCUT2D eigenvalue weighted by Gasteiger charge is 2.52. The van der Waals surface area contributed by atoms with Gasteiger partial charge in [-0.15, -0.1) is 0 Å². The van der Waals surface area contributed by atoms with E-state index >= 15 is 0 Å². The van der Waals surface area contributed by atoms with E-state index in [0.717, 1.165) is 0 Å². The van der Waals surface area contributed by atoms with Crippen LogP contribution in [0.25, 0.3) is 0 Å². The molecule has 0 radical (unpaired) electrons. The Kier molecular flexibility index (Phi) is 3.10. The van der Waals surface area contributed by atoms with E-state index in [1.54, 1.807) is 4.90 Å². The molecule has 2 aliphatic rings. The average molecular weight is 257 g/mol. The first-order valence-electron chi connectivity index (χ1n) is 6.45. The molecule has 1 unspecified atom stereocenters. The molecular weight excluding hydrogens is 234 g/mol. The average Bonchev–Trinajstić information content (AvgIpc) is 2.09. The Labute approximate surface area is 108 Å². The van der Waals surface area contributed by atoms with Gasteiger partial charge in [-0.1, -0.05) is 0 Å². The Bertz CT molecular complexity index is 339. The summed E-state index contributed by atoms with van der Waals surface area (Å²) in [6, 6.07) is 0. The molecule has 2 heterocycles. The molecule has 0 aromatic heterocycles. The smallest absolute Gasteiger partial charge is 0.410 e. The van der Waals surface area contributed by atoms with Gasteiger partial charge in [0.25, 0.3) is 0 Å². The van der Waals surface area contributed by atoms with Crippen LogP contribution in [-0.4, -0.2) is 52.6 Å². The van der Waals surface area contributed by atoms with Gasteiger partial charge in [0.15, 0.2) is 0 Å². The number of rotatable bonds is 0. The number of hydrogen-bond acceptors (Lipinski definition) is 4. The normalized spacial score (nSPS) is 31.1. The molecule has 1 atom stereocenters. The second-order valence-electron chi connectivity index (χ2n) is 6.79. The van der Waals surface area contributed by atoms with Gasteiger partial charge in [-0.2, -0.15) is 0 Å². The molecule has 0 aromatic carbocycles. The molecule has 104 valence electrons. The minimum atomic E-state index is -0.682. The Morgan fingerprint density at radius 2 is 2.00 bits per heavy atom. The Morgan fingerprint density at radius 3 is 2.50 bits per heavy atom. The fourth-order valence-corrected chi connectivity index (χ4v) is 2.63. The summed E-state index contributed by atoms with van der Waals surface area (Å²) in [6.07, 6.45) is 0.933. The van der Waals surface area contributed by atoms with E-state index in [9.17, 15) is 9.90 Å². The fraction of sp³-hybridized carbons (Fsp3) is 0.923. The zero-order valence-corrected chi connectivity index (χ0v) is 11.7. The standard InChI is InChI=1S/C13H23NO4/c1-11(2,3)18-10(15)14-8-13(9-14)7-12(4,16)5-6-17-13/h16H,5-9H2,1-4H3. The lowest BCUT2D eigenvalue weighted by atomic mass is 9.79. The SMILES string of the molecule is CC1(O)CCOC2(CN(C(=O)OC(C)(C)C)C2)C1. The molecule has 1 amide bonds. The topological polar surface area (TPSA) is 59.0 Å². The van der Waals surface area contributed by atoms with E-state index in [4.69, 9.17) is 9.47 Å². The Balaban J connectivity index is 1.88. The van der Waals surface area contributed by atoms with Crippen LogP contribution in [0.5, 0.6) is 0 Å². The summed E-state index contributed by atoms with van der Waals surface area (Å²) in [5.41, 5.74) is -1.52. The molecule has 1 spiro atoms. The van der Waals surface area contributed by atoms with Crippen molar-refractivity contribution >= 4 is 6.09 Å². The zero-order chi connectivity index (χ0) is 13.6. The molecule has 0 aromatic rings. The quantitative estimate of drug-likeness (QED) is 0.715. The van der Waals surface area contributed by atoms with Gasteiger partial charge in [0.05, 0.1) is 25.3 Å². The number of ether oxygens (including phenoxy) is 2. The van der Waals surface area contributed by atoms with Gasteiger partial charge in [-0.3, -0.25) is 0 Å². The monoisotopic (exact) mass is 257 g/mol. The minimum absolute atomic E-state index is 0.304. The largest absolute Gasteiger partial charge is 0.444 e. The van der Waals surface area contributed by atoms with Gasteiger partial charge >= 0.3 is 6.09 Å². The van der Waals surface area contributed by atoms with Gasteiger partial charge in [-0.25, -0.2) is 4.79 Å². The van der Waals surface area contributed by atoms with Crippen LogP contribution >= 0.6 is 0 Å². The lowest BCUT2D eigenvalue weighted by molar-refractivity contribution is -0.206. The van der Waals surface area contributed by atoms with Gasteiger partial charge in [-0.05, 0) is 34.1 Å². The lowest BCUT2D eigenvalue weighted by Crippen LogP contribution is -2.69. The predicted octanol–water partition coefficient (Wildman–Crippen LogP) is 1.54. The third kappa shape index (κ3) is 2.95. The van der Waals surface area contributed by atoms with Crippen molar-refractivity contribution in [2.45, 2.75) is 57.3 Å². The highest BCUT2D eigenvalue weighted by Crippen LogP contribution is 2.39. The fourth-order valence-electron chi connectivity index (χ4n) is 2.63. The molecule has 0 saturated carbocycles. The molecule has 5 heteroatoms. The number of amides is 1. The summed E-state index contributed by atoms with van der Waals surface area (Å²) in [6.45, 7) is 8.95. The zero-order valence-electron chi connectivity index (χ0n) is 11.7. The maximum atomic E-state index is 11.8. The van der Waals surface area contributed by atoms with Crippen LogP contribution in [0.1, 0.15) is 40.5 Å². The second-order valence-corrected chi connectivity index (χ2v) is 6.79. The van der Waals surface area contributed by atoms with Crippen molar-refractivity contribution in [2.24, 2.45) is 0 Å². The van der Waals surface area contributed by atoms with E-state index in [1.165, 1.54) is 0 Å². The molecule has 0 bridgehead atoms. The van der Waals surface area contributed by atoms with Crippen LogP contribution in [0, 0.1) is 0 Å². The molecule has 2 aliphatic heterocycles. The molecule has 2 rings (SSSR count). The van der Waals surface area contributed by atoms with Crippen molar-refractivity contribution in [3.8, 4) is 0 Å². The highest BCUT2D eigenvalue weighted by atomic mass is 16.6. The Morgan fingerprint density at radius 1 is 1.39 bits per heavy atom. The number of carbonyl (C=O) groups excluding carboxylic acids is 1. The van der Waals surface area contributed by atoms with E-state index in [0.29, 0.717) is 32.5 Å². The van der Waals surface area contributed by atoms with Crippen LogP contribution in [0.4, 0.5) is 4.79 Å². The van der Waals surface area contributed by atoms with Gasteiger partial charge in [0, 0.05) is 6.42 Å². The molecule has 2 fully saturated rings. The summed E-state index contributed by atoms with van der Waals surface area (Å²) in [7, 11) is 0. The van der Waals surface area contributed by atoms with Crippen molar-refractivity contribution in [1.29, 1.82) is 0 Å². The summed E-state index contributed by atoms with van der Waals surface area (Å²) in [4.78, 5) is 13.4. The van der Waals surface area contributed by atoms with Crippen molar-refractivity contribution in [3.63, 3.8) is 0 Å². The molecule has 0 aliphatic carbocycles. The van der Waals surface area contributed by atoms with Crippen LogP contribution in [0.3, 0.4) is 0 Å². The third-order valence-corrected chi connectivity index (χ3v) is 3.36. The van der Waals surface area contributed by atoms with Gasteiger partial charge < -0.3 is 19.5 Å². The van der Waals surface area contributed by atoms with Crippen molar-refractivity contribution in [2.75, 3.05) is 19.7 Å². The van der Waals surface area contributed by atoms with Gasteiger partial charge in [0.2, 0.25) is 0 Å². The van der Waals surface area contributed by atoms with E-state index in [-0.39, 0.29) is 11.7 Å². The maximum absolute atomic E-state index is 11.8. The number of hydrogen-bond donors (Lipinski definition) is 1. The summed E-state index contributed by atoms with van der Waals surface area (Å²) < 4.78 is 11.0. The third-order valence-electron chi connectivity index (χ3n) is 3.36. The number of carbonyl (C=O) groups is 1. The first-order chi connectivity index (χ1) is 8.11.